The van der Waals surface area contributed by atoms with E-state index < -0.39 is 0 Å². The number of hydrogen-bond acceptors (Lipinski definition) is 2. The number of nitrogen functional groups attached to an aromatic ring is 1. The number of nitrogens with two attached hydrogens (primary N) is 1. The standard InChI is InChI=1S/C13H15ClN2/c1-3-4-9-7-11(15)12-10(14)6-5-8(2)13(12)16-9/h5-7H,3-4H2,1-2H3,(H2,15,16). The van der Waals surface area contributed by atoms with Crippen molar-refractivity contribution >= 4 is 28.2 Å². The molecule has 0 saturated heterocycles. The molecule has 0 aliphatic carbocycles. The van der Waals surface area contributed by atoms with Crippen molar-refractivity contribution < 1.29 is 0 Å². The van der Waals surface area contributed by atoms with Gasteiger partial charge in [-0.3, -0.25) is 4.98 Å². The maximum atomic E-state index is 6.14. The molecule has 0 atom stereocenters. The Morgan fingerprint density at radius 1 is 1.38 bits per heavy atom. The quantitative estimate of drug-likeness (QED) is 0.860. The summed E-state index contributed by atoms with van der Waals surface area (Å²) in [6.07, 6.45) is 2.02. The minimum Gasteiger partial charge on any atom is -0.398 e. The zero-order valence-corrected chi connectivity index (χ0v) is 10.3. The minimum atomic E-state index is 0.675. The molecule has 2 nitrogen and oxygen atoms in total. The molecule has 0 spiro atoms. The topological polar surface area (TPSA) is 38.9 Å². The van der Waals surface area contributed by atoms with Gasteiger partial charge in [0.15, 0.2) is 0 Å². The highest BCUT2D eigenvalue weighted by Gasteiger charge is 2.08. The van der Waals surface area contributed by atoms with E-state index in [4.69, 9.17) is 17.3 Å². The van der Waals surface area contributed by atoms with Gasteiger partial charge in [-0.25, -0.2) is 0 Å². The van der Waals surface area contributed by atoms with Crippen LogP contribution in [0.4, 0.5) is 5.69 Å². The molecule has 2 N–H and O–H groups in total. The van der Waals surface area contributed by atoms with E-state index in [1.165, 1.54) is 0 Å². The second-order valence-electron chi connectivity index (χ2n) is 4.04. The lowest BCUT2D eigenvalue weighted by molar-refractivity contribution is 0.890. The first-order valence-electron chi connectivity index (χ1n) is 5.47. The number of anilines is 1. The molecule has 3 heteroatoms. The van der Waals surface area contributed by atoms with E-state index in [0.29, 0.717) is 5.02 Å². The van der Waals surface area contributed by atoms with Crippen LogP contribution in [-0.2, 0) is 6.42 Å². The van der Waals surface area contributed by atoms with Gasteiger partial charge in [-0.2, -0.15) is 0 Å². The summed E-state index contributed by atoms with van der Waals surface area (Å²) in [5.41, 5.74) is 9.84. The summed E-state index contributed by atoms with van der Waals surface area (Å²) in [5, 5.41) is 1.55. The smallest absolute Gasteiger partial charge is 0.0770 e. The van der Waals surface area contributed by atoms with Crippen molar-refractivity contribution in [1.82, 2.24) is 4.98 Å². The predicted octanol–water partition coefficient (Wildman–Crippen LogP) is 3.73. The lowest BCUT2D eigenvalue weighted by atomic mass is 10.1. The molecule has 16 heavy (non-hydrogen) atoms. The molecule has 0 radical (unpaired) electrons. The fourth-order valence-electron chi connectivity index (χ4n) is 1.90. The van der Waals surface area contributed by atoms with Gasteiger partial charge in [-0.15, -0.1) is 0 Å². The Labute approximate surface area is 100 Å². The average molecular weight is 235 g/mol. The van der Waals surface area contributed by atoms with E-state index in [9.17, 15) is 0 Å². The lowest BCUT2D eigenvalue weighted by Crippen LogP contribution is -1.97. The number of hydrogen-bond donors (Lipinski definition) is 1. The maximum absolute atomic E-state index is 6.14. The molecule has 0 saturated carbocycles. The highest BCUT2D eigenvalue weighted by Crippen LogP contribution is 2.30. The first-order valence-corrected chi connectivity index (χ1v) is 5.85. The minimum absolute atomic E-state index is 0.675. The maximum Gasteiger partial charge on any atom is 0.0770 e. The molecule has 0 aliphatic heterocycles. The Kier molecular flexibility index (Phi) is 3.01. The van der Waals surface area contributed by atoms with Crippen molar-refractivity contribution in [2.75, 3.05) is 5.73 Å². The number of fused-ring (bicyclic) bond motifs is 1. The number of rotatable bonds is 2. The van der Waals surface area contributed by atoms with E-state index in [2.05, 4.69) is 11.9 Å². The van der Waals surface area contributed by atoms with Gasteiger partial charge >= 0.3 is 0 Å². The van der Waals surface area contributed by atoms with Gasteiger partial charge in [0.05, 0.1) is 10.5 Å². The van der Waals surface area contributed by atoms with Crippen molar-refractivity contribution in [3.63, 3.8) is 0 Å². The van der Waals surface area contributed by atoms with Crippen molar-refractivity contribution in [1.29, 1.82) is 0 Å². The normalized spacial score (nSPS) is 10.9. The fourth-order valence-corrected chi connectivity index (χ4v) is 2.16. The van der Waals surface area contributed by atoms with Gasteiger partial charge in [0, 0.05) is 16.8 Å². The second kappa shape index (κ2) is 4.30. The average Bonchev–Trinajstić information content (AvgIpc) is 2.23. The Morgan fingerprint density at radius 3 is 2.81 bits per heavy atom. The van der Waals surface area contributed by atoms with Crippen molar-refractivity contribution in [3.05, 3.63) is 34.5 Å². The third-order valence-corrected chi connectivity index (χ3v) is 3.02. The van der Waals surface area contributed by atoms with Crippen LogP contribution in [0, 0.1) is 6.92 Å². The van der Waals surface area contributed by atoms with Gasteiger partial charge in [-0.05, 0) is 31.0 Å². The number of benzene rings is 1. The van der Waals surface area contributed by atoms with Crippen LogP contribution in [0.2, 0.25) is 5.02 Å². The van der Waals surface area contributed by atoms with E-state index >= 15 is 0 Å². The van der Waals surface area contributed by atoms with E-state index in [-0.39, 0.29) is 0 Å². The van der Waals surface area contributed by atoms with Gasteiger partial charge in [0.1, 0.15) is 0 Å². The van der Waals surface area contributed by atoms with Gasteiger partial charge in [0.25, 0.3) is 0 Å². The summed E-state index contributed by atoms with van der Waals surface area (Å²) in [6, 6.07) is 5.78. The van der Waals surface area contributed by atoms with E-state index in [1.54, 1.807) is 0 Å². The second-order valence-corrected chi connectivity index (χ2v) is 4.45. The molecule has 0 fully saturated rings. The van der Waals surface area contributed by atoms with Crippen LogP contribution >= 0.6 is 11.6 Å². The van der Waals surface area contributed by atoms with Gasteiger partial charge in [-0.1, -0.05) is 31.0 Å². The summed E-state index contributed by atoms with van der Waals surface area (Å²) in [4.78, 5) is 4.62. The third-order valence-electron chi connectivity index (χ3n) is 2.70. The molecule has 2 rings (SSSR count). The molecule has 2 aromatic rings. The summed E-state index contributed by atoms with van der Waals surface area (Å²) in [5.74, 6) is 0. The molecular weight excluding hydrogens is 220 g/mol. The Balaban J connectivity index is 2.76. The Morgan fingerprint density at radius 2 is 2.12 bits per heavy atom. The highest BCUT2D eigenvalue weighted by atomic mass is 35.5. The predicted molar refractivity (Wildman–Crippen MR) is 69.9 cm³/mol. The fraction of sp³-hybridized carbons (Fsp3) is 0.308. The molecule has 0 amide bonds. The molecular formula is C13H15ClN2. The Hall–Kier alpha value is -1.28. The lowest BCUT2D eigenvalue weighted by Gasteiger charge is -2.09. The van der Waals surface area contributed by atoms with Crippen molar-refractivity contribution in [2.45, 2.75) is 26.7 Å². The Bertz CT molecular complexity index is 535. The zero-order valence-electron chi connectivity index (χ0n) is 9.55. The third kappa shape index (κ3) is 1.85. The highest BCUT2D eigenvalue weighted by molar-refractivity contribution is 6.36. The summed E-state index contributed by atoms with van der Waals surface area (Å²) in [6.45, 7) is 4.16. The SMILES string of the molecule is CCCc1cc(N)c2c(Cl)ccc(C)c2n1. The van der Waals surface area contributed by atoms with Gasteiger partial charge in [0.2, 0.25) is 0 Å². The molecule has 0 aliphatic rings. The molecule has 1 aromatic heterocycles. The van der Waals surface area contributed by atoms with Crippen LogP contribution in [0.1, 0.15) is 24.6 Å². The number of pyridine rings is 1. The number of aryl methyl sites for hydroxylation is 2. The summed E-state index contributed by atoms with van der Waals surface area (Å²) < 4.78 is 0. The molecule has 0 bridgehead atoms. The van der Waals surface area contributed by atoms with Crippen molar-refractivity contribution in [3.8, 4) is 0 Å². The molecule has 0 unspecified atom stereocenters. The number of nitrogens with zero attached hydrogens (tertiary/aromatic N) is 1. The first kappa shape index (κ1) is 11.2. The zero-order chi connectivity index (χ0) is 11.7. The van der Waals surface area contributed by atoms with Crippen LogP contribution in [0.3, 0.4) is 0 Å². The van der Waals surface area contributed by atoms with Crippen LogP contribution < -0.4 is 5.73 Å². The van der Waals surface area contributed by atoms with Crippen LogP contribution in [0.15, 0.2) is 18.2 Å². The largest absolute Gasteiger partial charge is 0.398 e. The van der Waals surface area contributed by atoms with E-state index in [0.717, 1.165) is 40.7 Å². The van der Waals surface area contributed by atoms with Crippen LogP contribution in [-0.4, -0.2) is 4.98 Å². The first-order chi connectivity index (χ1) is 7.63. The summed E-state index contributed by atoms with van der Waals surface area (Å²) >= 11 is 6.14. The van der Waals surface area contributed by atoms with Crippen molar-refractivity contribution in [2.24, 2.45) is 0 Å². The van der Waals surface area contributed by atoms with E-state index in [1.807, 2.05) is 25.1 Å². The molecule has 1 aromatic carbocycles. The molecule has 84 valence electrons. The summed E-state index contributed by atoms with van der Waals surface area (Å²) in [7, 11) is 0. The van der Waals surface area contributed by atoms with Crippen LogP contribution in [0.5, 0.6) is 0 Å². The number of halogens is 1. The number of aromatic nitrogens is 1. The molecule has 1 heterocycles. The van der Waals surface area contributed by atoms with Crippen LogP contribution in [0.25, 0.3) is 10.9 Å². The monoisotopic (exact) mass is 234 g/mol. The van der Waals surface area contributed by atoms with Gasteiger partial charge < -0.3 is 5.73 Å².